The van der Waals surface area contributed by atoms with E-state index in [1.54, 1.807) is 24.3 Å². The Bertz CT molecular complexity index is 1420. The molecular weight excluding hydrogens is 500 g/mol. The fraction of sp³-hybridized carbons (Fsp3) is 0.217. The average Bonchev–Trinajstić information content (AvgIpc) is 3.32. The van der Waals surface area contributed by atoms with Crippen molar-refractivity contribution in [2.75, 3.05) is 12.4 Å². The van der Waals surface area contributed by atoms with Crippen LogP contribution in [0.3, 0.4) is 0 Å². The Morgan fingerprint density at radius 2 is 1.88 bits per heavy atom. The third-order valence-corrected chi connectivity index (χ3v) is 8.64. The number of fused-ring (bicyclic) bond motifs is 3. The molecule has 1 unspecified atom stereocenters. The van der Waals surface area contributed by atoms with Crippen LogP contribution in [0.15, 0.2) is 36.4 Å². The Hall–Kier alpha value is -3.08. The van der Waals surface area contributed by atoms with E-state index < -0.39 is 23.4 Å². The number of carbonyl (C=O) groups is 1. The first kappa shape index (κ1) is 22.7. The summed E-state index contributed by atoms with van der Waals surface area (Å²) in [6.07, 6.45) is 0.658. The number of hydrogen-bond donors (Lipinski definition) is 3. The number of rotatable bonds is 6. The second-order valence-corrected chi connectivity index (χ2v) is 10.9. The van der Waals surface area contributed by atoms with Gasteiger partial charge in [-0.05, 0) is 29.7 Å². The van der Waals surface area contributed by atoms with Crippen molar-refractivity contribution in [2.45, 2.75) is 18.7 Å². The maximum Gasteiger partial charge on any atom is 0.341 e. The normalized spacial score (nSPS) is 15.4. The molecule has 4 aromatic rings. The van der Waals surface area contributed by atoms with Gasteiger partial charge in [0, 0.05) is 44.5 Å². The lowest BCUT2D eigenvalue weighted by atomic mass is 9.97. The average molecular weight is 519 g/mol. The zero-order chi connectivity index (χ0) is 24.0. The molecule has 3 aromatic heterocycles. The molecule has 176 valence electrons. The monoisotopic (exact) mass is 518 g/mol. The summed E-state index contributed by atoms with van der Waals surface area (Å²) in [5, 5.41) is 30.3. The number of pyridine rings is 1. The van der Waals surface area contributed by atoms with E-state index in [-0.39, 0.29) is 18.3 Å². The largest absolute Gasteiger partial charge is 0.494 e. The molecule has 0 saturated heterocycles. The van der Waals surface area contributed by atoms with Gasteiger partial charge in [0.05, 0.1) is 23.0 Å². The Morgan fingerprint density at radius 3 is 2.56 bits per heavy atom. The number of nitrogens with zero attached hydrogens (tertiary/aromatic N) is 2. The highest BCUT2D eigenvalue weighted by Crippen LogP contribution is 2.45. The number of benzene rings is 1. The molecule has 0 radical (unpaired) electrons. The van der Waals surface area contributed by atoms with Crippen LogP contribution in [0.25, 0.3) is 21.3 Å². The van der Waals surface area contributed by atoms with Crippen molar-refractivity contribution < 1.29 is 29.1 Å². The maximum absolute atomic E-state index is 12.2. The number of ether oxygens (including phenoxy) is 1. The smallest absolute Gasteiger partial charge is 0.341 e. The Kier molecular flexibility index (Phi) is 5.97. The zero-order valence-electron chi connectivity index (χ0n) is 17.7. The molecule has 1 aliphatic rings. The standard InChI is InChI=1S/C23H19ClN2O6S2/c24-22-15(9-26-17(27)5-6-18(26)28)25-23-21(14-7-8-34(31)11-16(14)33-23)20(22)12-1-3-13(4-2-12)32-10-19(29)30/h1-6,27-28H,7-11H2,(H,29,30). The first-order valence-corrected chi connectivity index (χ1v) is 13.0. The maximum atomic E-state index is 12.2. The second-order valence-electron chi connectivity index (χ2n) is 7.81. The number of halogens is 1. The van der Waals surface area contributed by atoms with E-state index in [1.165, 1.54) is 28.0 Å². The summed E-state index contributed by atoms with van der Waals surface area (Å²) < 4.78 is 18.7. The summed E-state index contributed by atoms with van der Waals surface area (Å²) in [6.45, 7) is -0.385. The number of aliphatic carboxylic acids is 1. The lowest BCUT2D eigenvalue weighted by molar-refractivity contribution is -0.139. The molecule has 1 atom stereocenters. The summed E-state index contributed by atoms with van der Waals surface area (Å²) in [4.78, 5) is 17.3. The molecule has 0 amide bonds. The molecule has 8 nitrogen and oxygen atoms in total. The van der Waals surface area contributed by atoms with Crippen molar-refractivity contribution >= 4 is 49.9 Å². The summed E-state index contributed by atoms with van der Waals surface area (Å²) >= 11 is 8.39. The Morgan fingerprint density at radius 1 is 1.18 bits per heavy atom. The molecular formula is C23H19ClN2O6S2. The predicted octanol–water partition coefficient (Wildman–Crippen LogP) is 4.15. The van der Waals surface area contributed by atoms with Gasteiger partial charge in [0.25, 0.3) is 0 Å². The van der Waals surface area contributed by atoms with Crippen LogP contribution in [0.5, 0.6) is 17.5 Å². The quantitative estimate of drug-likeness (QED) is 0.350. The van der Waals surface area contributed by atoms with Gasteiger partial charge in [-0.2, -0.15) is 0 Å². The van der Waals surface area contributed by atoms with E-state index in [1.807, 2.05) is 0 Å². The van der Waals surface area contributed by atoms with Crippen molar-refractivity contribution in [2.24, 2.45) is 0 Å². The summed E-state index contributed by atoms with van der Waals surface area (Å²) in [7, 11) is -0.917. The van der Waals surface area contributed by atoms with Gasteiger partial charge in [0.15, 0.2) is 18.4 Å². The third kappa shape index (κ3) is 4.13. The molecule has 34 heavy (non-hydrogen) atoms. The van der Waals surface area contributed by atoms with Crippen molar-refractivity contribution in [3.8, 4) is 28.6 Å². The van der Waals surface area contributed by atoms with Crippen molar-refractivity contribution in [1.82, 2.24) is 9.55 Å². The van der Waals surface area contributed by atoms with Crippen LogP contribution in [0.1, 0.15) is 16.1 Å². The first-order valence-electron chi connectivity index (χ1n) is 10.3. The van der Waals surface area contributed by atoms with Crippen LogP contribution in [-0.2, 0) is 34.3 Å². The number of carboxylic acid groups (broad SMARTS) is 1. The fourth-order valence-electron chi connectivity index (χ4n) is 4.07. The van der Waals surface area contributed by atoms with Gasteiger partial charge in [0.2, 0.25) is 0 Å². The highest BCUT2D eigenvalue weighted by atomic mass is 35.5. The lowest BCUT2D eigenvalue weighted by Gasteiger charge is -2.16. The number of carboxylic acids is 1. The summed E-state index contributed by atoms with van der Waals surface area (Å²) in [5.74, 6) is 0.175. The van der Waals surface area contributed by atoms with Gasteiger partial charge in [-0.3, -0.25) is 8.78 Å². The molecule has 1 aromatic carbocycles. The van der Waals surface area contributed by atoms with Crippen molar-refractivity contribution in [3.63, 3.8) is 0 Å². The number of aromatic hydroxyl groups is 2. The highest BCUT2D eigenvalue weighted by Gasteiger charge is 2.26. The molecule has 11 heteroatoms. The molecule has 4 heterocycles. The van der Waals surface area contributed by atoms with Crippen LogP contribution in [0.2, 0.25) is 5.02 Å². The van der Waals surface area contributed by atoms with Crippen molar-refractivity contribution in [3.05, 3.63) is 57.6 Å². The van der Waals surface area contributed by atoms with E-state index in [0.29, 0.717) is 34.4 Å². The van der Waals surface area contributed by atoms with Crippen LogP contribution in [0.4, 0.5) is 0 Å². The van der Waals surface area contributed by atoms with Gasteiger partial charge in [-0.1, -0.05) is 23.7 Å². The Balaban J connectivity index is 1.67. The van der Waals surface area contributed by atoms with E-state index in [4.69, 9.17) is 26.4 Å². The molecule has 0 fully saturated rings. The van der Waals surface area contributed by atoms with Gasteiger partial charge in [-0.25, -0.2) is 9.78 Å². The molecule has 0 aliphatic carbocycles. The van der Waals surface area contributed by atoms with E-state index in [2.05, 4.69) is 0 Å². The number of aromatic nitrogens is 2. The van der Waals surface area contributed by atoms with Crippen LogP contribution >= 0.6 is 22.9 Å². The van der Waals surface area contributed by atoms with Crippen LogP contribution in [-0.4, -0.2) is 47.4 Å². The number of hydrogen-bond acceptors (Lipinski definition) is 7. The fourth-order valence-corrected chi connectivity index (χ4v) is 7.09. The molecule has 3 N–H and O–H groups in total. The summed E-state index contributed by atoms with van der Waals surface area (Å²) in [6, 6.07) is 9.74. The zero-order valence-corrected chi connectivity index (χ0v) is 20.0. The van der Waals surface area contributed by atoms with Gasteiger partial charge >= 0.3 is 5.97 Å². The molecule has 0 spiro atoms. The Labute approximate surface area is 205 Å². The predicted molar refractivity (Wildman–Crippen MR) is 130 cm³/mol. The first-order chi connectivity index (χ1) is 16.3. The minimum atomic E-state index is -1.06. The topological polar surface area (TPSA) is 122 Å². The number of aryl methyl sites for hydroxylation is 1. The molecule has 5 rings (SSSR count). The summed E-state index contributed by atoms with van der Waals surface area (Å²) in [5.41, 5.74) is 3.10. The van der Waals surface area contributed by atoms with Crippen molar-refractivity contribution in [1.29, 1.82) is 0 Å². The van der Waals surface area contributed by atoms with E-state index in [0.717, 1.165) is 31.8 Å². The van der Waals surface area contributed by atoms with E-state index in [9.17, 15) is 19.2 Å². The third-order valence-electron chi connectivity index (χ3n) is 5.65. The SMILES string of the molecule is O=C(O)COc1ccc(-c2c(Cl)c(Cn3c(O)ccc3O)nc3sc4c(c23)CCS(=O)C4)cc1. The minimum Gasteiger partial charge on any atom is -0.494 e. The molecule has 0 bridgehead atoms. The molecule has 1 aliphatic heterocycles. The number of thiophene rings is 1. The second kappa shape index (κ2) is 8.94. The van der Waals surface area contributed by atoms with E-state index >= 15 is 0 Å². The minimum absolute atomic E-state index is 0.0563. The van der Waals surface area contributed by atoms with Gasteiger partial charge < -0.3 is 20.1 Å². The van der Waals surface area contributed by atoms with Crippen LogP contribution in [0, 0.1) is 0 Å². The van der Waals surface area contributed by atoms with Gasteiger partial charge in [-0.15, -0.1) is 11.3 Å². The highest BCUT2D eigenvalue weighted by molar-refractivity contribution is 7.84. The van der Waals surface area contributed by atoms with Crippen LogP contribution < -0.4 is 4.74 Å². The van der Waals surface area contributed by atoms with Gasteiger partial charge in [0.1, 0.15) is 10.6 Å². The lowest BCUT2D eigenvalue weighted by Crippen LogP contribution is -2.11. The molecule has 0 saturated carbocycles.